The van der Waals surface area contributed by atoms with Gasteiger partial charge >= 0.3 is 0 Å². The lowest BCUT2D eigenvalue weighted by Crippen LogP contribution is -1.93. The van der Waals surface area contributed by atoms with E-state index in [2.05, 4.69) is 21.0 Å². The first-order chi connectivity index (χ1) is 7.20. The summed E-state index contributed by atoms with van der Waals surface area (Å²) in [5.41, 5.74) is 2.20. The molecular weight excluding hydrogens is 256 g/mol. The molecule has 0 unspecified atom stereocenters. The van der Waals surface area contributed by atoms with Crippen LogP contribution in [0.2, 0.25) is 0 Å². The smallest absolute Gasteiger partial charge is 0.128 e. The molecule has 3 nitrogen and oxygen atoms in total. The number of halogens is 1. The largest absolute Gasteiger partial charge is 0.497 e. The summed E-state index contributed by atoms with van der Waals surface area (Å²) in [5, 5.41) is 4.23. The molecule has 0 spiro atoms. The molecule has 1 heterocycles. The standard InChI is InChI=1S/C11H11BrN2O/c1-14-10(7-11(12)13-14)8-3-5-9(15-2)6-4-8/h3-7H,1-2H3. The second kappa shape index (κ2) is 4.06. The van der Waals surface area contributed by atoms with Crippen LogP contribution < -0.4 is 4.74 Å². The van der Waals surface area contributed by atoms with Crippen molar-refractivity contribution in [3.63, 3.8) is 0 Å². The summed E-state index contributed by atoms with van der Waals surface area (Å²) in [4.78, 5) is 0. The normalized spacial score (nSPS) is 10.3. The first-order valence-corrected chi connectivity index (χ1v) is 5.34. The fourth-order valence-electron chi connectivity index (χ4n) is 1.46. The third kappa shape index (κ3) is 2.04. The highest BCUT2D eigenvalue weighted by Gasteiger charge is 2.05. The number of hydrogen-bond donors (Lipinski definition) is 0. The van der Waals surface area contributed by atoms with Crippen molar-refractivity contribution < 1.29 is 4.74 Å². The molecule has 1 aromatic carbocycles. The van der Waals surface area contributed by atoms with Crippen molar-refractivity contribution in [2.45, 2.75) is 0 Å². The van der Waals surface area contributed by atoms with E-state index in [0.29, 0.717) is 0 Å². The Balaban J connectivity index is 2.41. The molecule has 0 fully saturated rings. The van der Waals surface area contributed by atoms with Gasteiger partial charge in [-0.3, -0.25) is 4.68 Å². The van der Waals surface area contributed by atoms with Gasteiger partial charge in [-0.1, -0.05) is 0 Å². The predicted molar refractivity (Wildman–Crippen MR) is 62.9 cm³/mol. The van der Waals surface area contributed by atoms with E-state index in [1.54, 1.807) is 7.11 Å². The molecule has 1 aromatic heterocycles. The van der Waals surface area contributed by atoms with E-state index in [1.807, 2.05) is 42.1 Å². The van der Waals surface area contributed by atoms with E-state index in [9.17, 15) is 0 Å². The van der Waals surface area contributed by atoms with Crippen molar-refractivity contribution in [3.8, 4) is 17.0 Å². The third-order valence-corrected chi connectivity index (χ3v) is 2.62. The summed E-state index contributed by atoms with van der Waals surface area (Å²) in [6, 6.07) is 9.90. The van der Waals surface area contributed by atoms with E-state index in [4.69, 9.17) is 4.74 Å². The summed E-state index contributed by atoms with van der Waals surface area (Å²) in [6.45, 7) is 0. The topological polar surface area (TPSA) is 27.1 Å². The summed E-state index contributed by atoms with van der Waals surface area (Å²) >= 11 is 3.35. The number of hydrogen-bond acceptors (Lipinski definition) is 2. The fraction of sp³-hybridized carbons (Fsp3) is 0.182. The zero-order chi connectivity index (χ0) is 10.8. The fourth-order valence-corrected chi connectivity index (χ4v) is 1.92. The van der Waals surface area contributed by atoms with Crippen molar-refractivity contribution in [1.29, 1.82) is 0 Å². The van der Waals surface area contributed by atoms with Crippen molar-refractivity contribution >= 4 is 15.9 Å². The Bertz CT molecular complexity index is 462. The Morgan fingerprint density at radius 3 is 2.40 bits per heavy atom. The minimum absolute atomic E-state index is 0.843. The molecule has 0 aliphatic carbocycles. The van der Waals surface area contributed by atoms with Gasteiger partial charge in [0.2, 0.25) is 0 Å². The lowest BCUT2D eigenvalue weighted by atomic mass is 10.1. The maximum absolute atomic E-state index is 5.11. The minimum atomic E-state index is 0.843. The molecule has 15 heavy (non-hydrogen) atoms. The second-order valence-electron chi connectivity index (χ2n) is 3.20. The van der Waals surface area contributed by atoms with Crippen LogP contribution in [0.5, 0.6) is 5.75 Å². The molecule has 2 rings (SSSR count). The van der Waals surface area contributed by atoms with Crippen molar-refractivity contribution in [2.75, 3.05) is 7.11 Å². The molecule has 0 saturated heterocycles. The van der Waals surface area contributed by atoms with Crippen LogP contribution in [0, 0.1) is 0 Å². The Labute approximate surface area is 96.8 Å². The van der Waals surface area contributed by atoms with E-state index < -0.39 is 0 Å². The number of rotatable bonds is 2. The first-order valence-electron chi connectivity index (χ1n) is 4.54. The van der Waals surface area contributed by atoms with Gasteiger partial charge in [0.25, 0.3) is 0 Å². The molecule has 0 atom stereocenters. The van der Waals surface area contributed by atoms with Crippen LogP contribution in [0.4, 0.5) is 0 Å². The second-order valence-corrected chi connectivity index (χ2v) is 4.02. The maximum Gasteiger partial charge on any atom is 0.128 e. The predicted octanol–water partition coefficient (Wildman–Crippen LogP) is 2.86. The molecule has 2 aromatic rings. The van der Waals surface area contributed by atoms with Gasteiger partial charge in [-0.2, -0.15) is 5.10 Å². The Morgan fingerprint density at radius 1 is 1.27 bits per heavy atom. The molecule has 0 N–H and O–H groups in total. The van der Waals surface area contributed by atoms with Gasteiger partial charge in [0.05, 0.1) is 12.8 Å². The molecule has 0 radical (unpaired) electrons. The Hall–Kier alpha value is -1.29. The monoisotopic (exact) mass is 266 g/mol. The molecular formula is C11H11BrN2O. The van der Waals surface area contributed by atoms with Gasteiger partial charge in [-0.15, -0.1) is 0 Å². The van der Waals surface area contributed by atoms with Gasteiger partial charge in [0.15, 0.2) is 0 Å². The molecule has 0 aliphatic rings. The van der Waals surface area contributed by atoms with Crippen molar-refractivity contribution in [3.05, 3.63) is 34.9 Å². The summed E-state index contributed by atoms with van der Waals surface area (Å²) in [7, 11) is 3.58. The minimum Gasteiger partial charge on any atom is -0.497 e. The third-order valence-electron chi connectivity index (χ3n) is 2.24. The Kier molecular flexibility index (Phi) is 2.77. The molecule has 78 valence electrons. The van der Waals surface area contributed by atoms with E-state index in [1.165, 1.54) is 0 Å². The van der Waals surface area contributed by atoms with Crippen molar-refractivity contribution in [1.82, 2.24) is 9.78 Å². The van der Waals surface area contributed by atoms with Crippen LogP contribution in [-0.2, 0) is 7.05 Å². The number of benzene rings is 1. The molecule has 0 amide bonds. The zero-order valence-electron chi connectivity index (χ0n) is 8.57. The average molecular weight is 267 g/mol. The molecule has 0 bridgehead atoms. The van der Waals surface area contributed by atoms with Gasteiger partial charge in [-0.25, -0.2) is 0 Å². The summed E-state index contributed by atoms with van der Waals surface area (Å²) in [5.74, 6) is 0.861. The number of ether oxygens (including phenoxy) is 1. The summed E-state index contributed by atoms with van der Waals surface area (Å²) < 4.78 is 7.79. The van der Waals surface area contributed by atoms with Crippen LogP contribution in [0.25, 0.3) is 11.3 Å². The van der Waals surface area contributed by atoms with Gasteiger partial charge in [-0.05, 0) is 46.3 Å². The van der Waals surface area contributed by atoms with E-state index >= 15 is 0 Å². The number of nitrogens with zero attached hydrogens (tertiary/aromatic N) is 2. The number of aryl methyl sites for hydroxylation is 1. The van der Waals surface area contributed by atoms with Crippen LogP contribution in [0.3, 0.4) is 0 Å². The van der Waals surface area contributed by atoms with Crippen LogP contribution >= 0.6 is 15.9 Å². The van der Waals surface area contributed by atoms with Gasteiger partial charge < -0.3 is 4.74 Å². The van der Waals surface area contributed by atoms with E-state index in [0.717, 1.165) is 21.6 Å². The molecule has 0 saturated carbocycles. The highest BCUT2D eigenvalue weighted by Crippen LogP contribution is 2.24. The van der Waals surface area contributed by atoms with Gasteiger partial charge in [0.1, 0.15) is 10.4 Å². The number of methoxy groups -OCH3 is 1. The summed E-state index contributed by atoms with van der Waals surface area (Å²) in [6.07, 6.45) is 0. The van der Waals surface area contributed by atoms with Gasteiger partial charge in [0, 0.05) is 12.6 Å². The van der Waals surface area contributed by atoms with Crippen LogP contribution in [0.1, 0.15) is 0 Å². The number of aromatic nitrogens is 2. The maximum atomic E-state index is 5.11. The van der Waals surface area contributed by atoms with Crippen LogP contribution in [0.15, 0.2) is 34.9 Å². The van der Waals surface area contributed by atoms with E-state index in [-0.39, 0.29) is 0 Å². The lowest BCUT2D eigenvalue weighted by molar-refractivity contribution is 0.415. The first kappa shape index (κ1) is 10.2. The highest BCUT2D eigenvalue weighted by molar-refractivity contribution is 9.10. The quantitative estimate of drug-likeness (QED) is 0.836. The van der Waals surface area contributed by atoms with Crippen LogP contribution in [-0.4, -0.2) is 16.9 Å². The Morgan fingerprint density at radius 2 is 1.93 bits per heavy atom. The SMILES string of the molecule is COc1ccc(-c2cc(Br)nn2C)cc1. The average Bonchev–Trinajstić information content (AvgIpc) is 2.58. The molecule has 0 aliphatic heterocycles. The lowest BCUT2D eigenvalue weighted by Gasteiger charge is -2.03. The zero-order valence-corrected chi connectivity index (χ0v) is 10.2. The van der Waals surface area contributed by atoms with Crippen molar-refractivity contribution in [2.24, 2.45) is 7.05 Å². The highest BCUT2D eigenvalue weighted by atomic mass is 79.9. The molecule has 4 heteroatoms.